The minimum atomic E-state index is -0.388. The smallest absolute Gasteiger partial charge is 0.338 e. The van der Waals surface area contributed by atoms with Gasteiger partial charge in [0.2, 0.25) is 0 Å². The molecule has 0 aliphatic rings. The molecular formula is C22H19NO4. The van der Waals surface area contributed by atoms with Crippen LogP contribution in [0.15, 0.2) is 78.9 Å². The van der Waals surface area contributed by atoms with Crippen molar-refractivity contribution in [1.29, 1.82) is 0 Å². The molecule has 0 radical (unpaired) electrons. The molecule has 0 spiro atoms. The molecule has 0 unspecified atom stereocenters. The van der Waals surface area contributed by atoms with Gasteiger partial charge < -0.3 is 14.8 Å². The van der Waals surface area contributed by atoms with E-state index < -0.39 is 0 Å². The van der Waals surface area contributed by atoms with E-state index in [-0.39, 0.29) is 11.9 Å². The molecule has 0 aliphatic heterocycles. The summed E-state index contributed by atoms with van der Waals surface area (Å²) < 4.78 is 10.7. The van der Waals surface area contributed by atoms with Crippen LogP contribution >= 0.6 is 0 Å². The summed E-state index contributed by atoms with van der Waals surface area (Å²) >= 11 is 0. The van der Waals surface area contributed by atoms with Crippen LogP contribution in [0.2, 0.25) is 0 Å². The number of carbonyl (C=O) groups excluding carboxylic acids is 2. The fraction of sp³-hybridized carbons (Fsp3) is 0.0909. The van der Waals surface area contributed by atoms with E-state index in [1.165, 1.54) is 0 Å². The molecule has 1 amide bonds. The largest absolute Gasteiger partial charge is 0.462 e. The molecule has 3 aromatic carbocycles. The van der Waals surface area contributed by atoms with Crippen LogP contribution in [0.4, 0.5) is 5.69 Å². The Labute approximate surface area is 157 Å². The Bertz CT molecular complexity index is 921. The Morgan fingerprint density at radius 1 is 0.815 bits per heavy atom. The number of hydrogen-bond acceptors (Lipinski definition) is 4. The highest BCUT2D eigenvalue weighted by Crippen LogP contribution is 2.22. The summed E-state index contributed by atoms with van der Waals surface area (Å²) in [5.74, 6) is 0.620. The molecule has 0 aromatic heterocycles. The Morgan fingerprint density at radius 2 is 1.52 bits per heavy atom. The van der Waals surface area contributed by atoms with Crippen LogP contribution in [-0.2, 0) is 4.74 Å². The van der Waals surface area contributed by atoms with Crippen LogP contribution < -0.4 is 10.1 Å². The molecule has 27 heavy (non-hydrogen) atoms. The predicted octanol–water partition coefficient (Wildman–Crippen LogP) is 4.91. The molecule has 0 aliphatic carbocycles. The van der Waals surface area contributed by atoms with Crippen molar-refractivity contribution in [3.8, 4) is 11.5 Å². The number of esters is 1. The number of amides is 1. The molecule has 0 fully saturated rings. The molecule has 3 rings (SSSR count). The Morgan fingerprint density at radius 3 is 2.22 bits per heavy atom. The number of ether oxygens (including phenoxy) is 2. The van der Waals surface area contributed by atoms with Crippen LogP contribution in [0.5, 0.6) is 11.5 Å². The molecular weight excluding hydrogens is 342 g/mol. The van der Waals surface area contributed by atoms with Gasteiger partial charge >= 0.3 is 5.97 Å². The number of benzene rings is 3. The molecule has 3 aromatic rings. The number of nitrogens with one attached hydrogen (secondary N) is 1. The summed E-state index contributed by atoms with van der Waals surface area (Å²) in [7, 11) is 0. The maximum atomic E-state index is 12.5. The van der Waals surface area contributed by atoms with E-state index in [4.69, 9.17) is 9.47 Å². The summed E-state index contributed by atoms with van der Waals surface area (Å²) in [6.45, 7) is 2.07. The molecule has 5 heteroatoms. The highest BCUT2D eigenvalue weighted by Gasteiger charge is 2.10. The average Bonchev–Trinajstić information content (AvgIpc) is 2.70. The van der Waals surface area contributed by atoms with Gasteiger partial charge in [-0.15, -0.1) is 0 Å². The van der Waals surface area contributed by atoms with Crippen molar-refractivity contribution in [3.05, 3.63) is 90.0 Å². The summed E-state index contributed by atoms with van der Waals surface area (Å²) in [6.07, 6.45) is 0. The zero-order valence-corrected chi connectivity index (χ0v) is 14.8. The van der Waals surface area contributed by atoms with E-state index in [1.807, 2.05) is 30.3 Å². The van der Waals surface area contributed by atoms with E-state index in [0.29, 0.717) is 34.9 Å². The van der Waals surface area contributed by atoms with Gasteiger partial charge in [0.1, 0.15) is 11.5 Å². The normalized spacial score (nSPS) is 10.1. The third-order valence-corrected chi connectivity index (χ3v) is 3.73. The van der Waals surface area contributed by atoms with Crippen LogP contribution in [0.1, 0.15) is 27.6 Å². The summed E-state index contributed by atoms with van der Waals surface area (Å²) in [5, 5.41) is 2.80. The van der Waals surface area contributed by atoms with Gasteiger partial charge in [-0.25, -0.2) is 4.79 Å². The zero-order valence-electron chi connectivity index (χ0n) is 14.8. The molecule has 0 bridgehead atoms. The molecule has 0 saturated carbocycles. The van der Waals surface area contributed by atoms with Crippen LogP contribution in [0, 0.1) is 0 Å². The van der Waals surface area contributed by atoms with Gasteiger partial charge in [-0.1, -0.05) is 24.3 Å². The van der Waals surface area contributed by atoms with Crippen LogP contribution in [0.25, 0.3) is 0 Å². The fourth-order valence-corrected chi connectivity index (χ4v) is 2.43. The van der Waals surface area contributed by atoms with Gasteiger partial charge in [-0.3, -0.25) is 4.79 Å². The molecule has 0 atom stereocenters. The number of anilines is 1. The minimum absolute atomic E-state index is 0.266. The van der Waals surface area contributed by atoms with Gasteiger partial charge in [0.05, 0.1) is 12.2 Å². The summed E-state index contributed by atoms with van der Waals surface area (Å²) in [6, 6.07) is 22.8. The van der Waals surface area contributed by atoms with Crippen molar-refractivity contribution in [2.24, 2.45) is 0 Å². The molecule has 136 valence electrons. The van der Waals surface area contributed by atoms with Crippen molar-refractivity contribution >= 4 is 17.6 Å². The van der Waals surface area contributed by atoms with Gasteiger partial charge in [-0.2, -0.15) is 0 Å². The van der Waals surface area contributed by atoms with Crippen LogP contribution in [0.3, 0.4) is 0 Å². The number of carbonyl (C=O) groups is 2. The highest BCUT2D eigenvalue weighted by atomic mass is 16.5. The lowest BCUT2D eigenvalue weighted by molar-refractivity contribution is 0.0526. The molecule has 0 heterocycles. The highest BCUT2D eigenvalue weighted by molar-refractivity contribution is 6.04. The maximum Gasteiger partial charge on any atom is 0.338 e. The Balaban J connectivity index is 1.67. The minimum Gasteiger partial charge on any atom is -0.462 e. The lowest BCUT2D eigenvalue weighted by Crippen LogP contribution is -2.12. The average molecular weight is 361 g/mol. The third-order valence-electron chi connectivity index (χ3n) is 3.73. The first kappa shape index (κ1) is 18.2. The first-order valence-corrected chi connectivity index (χ1v) is 8.57. The maximum absolute atomic E-state index is 12.5. The lowest BCUT2D eigenvalue weighted by Gasteiger charge is -2.09. The topological polar surface area (TPSA) is 64.6 Å². The summed E-state index contributed by atoms with van der Waals surface area (Å²) in [4.78, 5) is 24.1. The van der Waals surface area contributed by atoms with Crippen molar-refractivity contribution in [2.45, 2.75) is 6.92 Å². The second-order valence-corrected chi connectivity index (χ2v) is 5.69. The van der Waals surface area contributed by atoms with E-state index in [9.17, 15) is 9.59 Å². The second-order valence-electron chi connectivity index (χ2n) is 5.69. The van der Waals surface area contributed by atoms with Gasteiger partial charge in [-0.05, 0) is 61.5 Å². The van der Waals surface area contributed by atoms with Crippen molar-refractivity contribution in [3.63, 3.8) is 0 Å². The van der Waals surface area contributed by atoms with Gasteiger partial charge in [0.15, 0.2) is 0 Å². The second kappa shape index (κ2) is 8.67. The molecule has 0 saturated heterocycles. The summed E-state index contributed by atoms with van der Waals surface area (Å²) in [5.41, 5.74) is 1.49. The fourth-order valence-electron chi connectivity index (χ4n) is 2.43. The zero-order chi connectivity index (χ0) is 19.1. The Kier molecular flexibility index (Phi) is 5.84. The first-order valence-electron chi connectivity index (χ1n) is 8.57. The van der Waals surface area contributed by atoms with E-state index in [0.717, 1.165) is 0 Å². The van der Waals surface area contributed by atoms with E-state index in [1.54, 1.807) is 55.5 Å². The quantitative estimate of drug-likeness (QED) is 0.634. The molecule has 1 N–H and O–H groups in total. The SMILES string of the molecule is CCOC(=O)c1ccc(NC(=O)c2cccc(Oc3ccccc3)c2)cc1. The predicted molar refractivity (Wildman–Crippen MR) is 103 cm³/mol. The van der Waals surface area contributed by atoms with Crippen LogP contribution in [-0.4, -0.2) is 18.5 Å². The lowest BCUT2D eigenvalue weighted by atomic mass is 10.1. The van der Waals surface area contributed by atoms with E-state index >= 15 is 0 Å². The molecule has 5 nitrogen and oxygen atoms in total. The first-order chi connectivity index (χ1) is 13.2. The standard InChI is InChI=1S/C22H19NO4/c1-2-26-22(25)16-11-13-18(14-12-16)23-21(24)17-7-6-10-20(15-17)27-19-8-4-3-5-9-19/h3-15H,2H2,1H3,(H,23,24). The van der Waals surface area contributed by atoms with Crippen molar-refractivity contribution < 1.29 is 19.1 Å². The Hall–Kier alpha value is -3.60. The van der Waals surface area contributed by atoms with Gasteiger partial charge in [0, 0.05) is 11.3 Å². The van der Waals surface area contributed by atoms with E-state index in [2.05, 4.69) is 5.32 Å². The van der Waals surface area contributed by atoms with Crippen molar-refractivity contribution in [2.75, 3.05) is 11.9 Å². The van der Waals surface area contributed by atoms with Gasteiger partial charge in [0.25, 0.3) is 5.91 Å². The number of para-hydroxylation sites is 1. The monoisotopic (exact) mass is 361 g/mol. The third kappa shape index (κ3) is 4.95. The number of hydrogen-bond donors (Lipinski definition) is 1. The number of rotatable bonds is 6. The van der Waals surface area contributed by atoms with Crippen molar-refractivity contribution in [1.82, 2.24) is 0 Å².